The number of aliphatic hydroxyl groups is 15. The van der Waals surface area contributed by atoms with E-state index in [-0.39, 0.29) is 0 Å². The third-order valence-electron chi connectivity index (χ3n) is 11.1. The van der Waals surface area contributed by atoms with Crippen LogP contribution in [-0.4, -0.2) is 275 Å². The fourth-order valence-electron chi connectivity index (χ4n) is 7.71. The standard InChI is InChI=1S/C34H58N2O26/c1-8(41)35-15-22(48)27(13(6-40)55-30(15)53)60-33-26(52)28(20(46)14(59-33)7-54-32-25(51)23(49)18(44)11(4-38)57-32)61-34-29(24(50)19(45)12(5-39)58-34)62-31-16(36-9(2)42)21(47)17(43)10(3-37)56-31/h10-34,37-40,43-53H,3-7H2,1-2H3,(H,35,41)(H,36,42). The lowest BCUT2D eigenvalue weighted by Crippen LogP contribution is -2.69. The molecule has 62 heavy (non-hydrogen) atoms. The van der Waals surface area contributed by atoms with Crippen molar-refractivity contribution in [3.63, 3.8) is 0 Å². The summed E-state index contributed by atoms with van der Waals surface area (Å²) < 4.78 is 51.1. The molecule has 0 bridgehead atoms. The van der Waals surface area contributed by atoms with Crippen molar-refractivity contribution in [2.45, 2.75) is 167 Å². The van der Waals surface area contributed by atoms with E-state index in [2.05, 4.69) is 10.6 Å². The molecule has 5 aliphatic rings. The normalized spacial score (nSPS) is 49.0. The maximum atomic E-state index is 12.1. The van der Waals surface area contributed by atoms with E-state index in [4.69, 9.17) is 42.6 Å². The SMILES string of the molecule is CC(=O)NC1C(O)OC(CO)C(OC2OC(COC3OC(CO)C(O)C(O)C3O)C(O)C(OC3OC(CO)C(O)C(O)C3OC3OC(CO)C(O)C(O)C3NC(C)=O)C2O)C1O. The number of rotatable bonds is 15. The topological polar surface area (TPSA) is 445 Å². The van der Waals surface area contributed by atoms with E-state index in [0.717, 1.165) is 13.8 Å². The van der Waals surface area contributed by atoms with Gasteiger partial charge in [0.25, 0.3) is 0 Å². The minimum absolute atomic E-state index is 0.730. The summed E-state index contributed by atoms with van der Waals surface area (Å²) in [4.78, 5) is 24.0. The fourth-order valence-corrected chi connectivity index (χ4v) is 7.71. The van der Waals surface area contributed by atoms with Crippen LogP contribution in [0, 0.1) is 0 Å². The van der Waals surface area contributed by atoms with Crippen LogP contribution in [0.15, 0.2) is 0 Å². The molecule has 25 atom stereocenters. The predicted octanol–water partition coefficient (Wildman–Crippen LogP) is -11.6. The van der Waals surface area contributed by atoms with E-state index in [1.165, 1.54) is 0 Å². The second-order valence-corrected chi connectivity index (χ2v) is 15.5. The van der Waals surface area contributed by atoms with Crippen molar-refractivity contribution in [2.24, 2.45) is 0 Å². The van der Waals surface area contributed by atoms with Gasteiger partial charge in [-0.15, -0.1) is 0 Å². The van der Waals surface area contributed by atoms with Gasteiger partial charge in [-0.1, -0.05) is 0 Å². The number of carbonyl (C=O) groups excluding carboxylic acids is 2. The van der Waals surface area contributed by atoms with Gasteiger partial charge in [-0.3, -0.25) is 9.59 Å². The molecule has 360 valence electrons. The Bertz CT molecular complexity index is 1440. The Hall–Kier alpha value is -2.02. The molecule has 25 unspecified atom stereocenters. The van der Waals surface area contributed by atoms with Crippen LogP contribution in [0.2, 0.25) is 0 Å². The number of hydrogen-bond acceptors (Lipinski definition) is 26. The smallest absolute Gasteiger partial charge is 0.217 e. The van der Waals surface area contributed by atoms with E-state index in [1.807, 2.05) is 0 Å². The van der Waals surface area contributed by atoms with Crippen LogP contribution in [0.5, 0.6) is 0 Å². The van der Waals surface area contributed by atoms with Crippen molar-refractivity contribution in [3.05, 3.63) is 0 Å². The highest BCUT2D eigenvalue weighted by Gasteiger charge is 2.56. The summed E-state index contributed by atoms with van der Waals surface area (Å²) in [7, 11) is 0. The van der Waals surface area contributed by atoms with Crippen LogP contribution in [0.25, 0.3) is 0 Å². The molecular weight excluding hydrogens is 852 g/mol. The highest BCUT2D eigenvalue weighted by Crippen LogP contribution is 2.35. The molecule has 5 saturated heterocycles. The minimum atomic E-state index is -2.22. The quantitative estimate of drug-likeness (QED) is 0.0725. The molecular formula is C34H58N2O26. The summed E-state index contributed by atoms with van der Waals surface area (Å²) in [5.74, 6) is -1.49. The Kier molecular flexibility index (Phi) is 18.1. The van der Waals surface area contributed by atoms with Gasteiger partial charge in [0, 0.05) is 13.8 Å². The van der Waals surface area contributed by atoms with Crippen molar-refractivity contribution in [1.29, 1.82) is 0 Å². The van der Waals surface area contributed by atoms with Crippen molar-refractivity contribution < 1.29 is 129 Å². The molecule has 0 aromatic heterocycles. The molecule has 0 aromatic rings. The summed E-state index contributed by atoms with van der Waals surface area (Å²) in [6, 6.07) is -3.19. The summed E-state index contributed by atoms with van der Waals surface area (Å²) in [6.07, 6.45) is -43.0. The van der Waals surface area contributed by atoms with Crippen LogP contribution < -0.4 is 10.6 Å². The Morgan fingerprint density at radius 2 is 0.887 bits per heavy atom. The fraction of sp³-hybridized carbons (Fsp3) is 0.941. The minimum Gasteiger partial charge on any atom is -0.394 e. The van der Waals surface area contributed by atoms with Gasteiger partial charge in [0.2, 0.25) is 11.8 Å². The van der Waals surface area contributed by atoms with Gasteiger partial charge >= 0.3 is 0 Å². The molecule has 2 amide bonds. The summed E-state index contributed by atoms with van der Waals surface area (Å²) in [6.45, 7) is -2.38. The zero-order valence-electron chi connectivity index (χ0n) is 33.2. The Morgan fingerprint density at radius 3 is 1.45 bits per heavy atom. The highest BCUT2D eigenvalue weighted by molar-refractivity contribution is 5.73. The van der Waals surface area contributed by atoms with Gasteiger partial charge in [-0.05, 0) is 0 Å². The average Bonchev–Trinajstić information content (AvgIpc) is 3.23. The van der Waals surface area contributed by atoms with Crippen LogP contribution in [0.1, 0.15) is 13.8 Å². The van der Waals surface area contributed by atoms with Gasteiger partial charge < -0.3 is 130 Å². The molecule has 5 rings (SSSR count). The first kappa shape index (κ1) is 51.0. The zero-order valence-corrected chi connectivity index (χ0v) is 33.2. The van der Waals surface area contributed by atoms with E-state index in [9.17, 15) is 86.2 Å². The van der Waals surface area contributed by atoms with Gasteiger partial charge in [0.15, 0.2) is 31.5 Å². The monoisotopic (exact) mass is 910 g/mol. The Balaban J connectivity index is 1.47. The number of ether oxygens (including phenoxy) is 9. The van der Waals surface area contributed by atoms with Crippen molar-refractivity contribution in [2.75, 3.05) is 33.0 Å². The van der Waals surface area contributed by atoms with E-state index >= 15 is 0 Å². The molecule has 0 radical (unpaired) electrons. The third kappa shape index (κ3) is 11.0. The van der Waals surface area contributed by atoms with E-state index in [0.29, 0.717) is 0 Å². The first-order chi connectivity index (χ1) is 29.3. The number of aliphatic hydroxyl groups excluding tert-OH is 15. The molecule has 0 aromatic carbocycles. The van der Waals surface area contributed by atoms with Crippen LogP contribution in [0.3, 0.4) is 0 Å². The van der Waals surface area contributed by atoms with Crippen LogP contribution in [-0.2, 0) is 52.2 Å². The van der Waals surface area contributed by atoms with Crippen molar-refractivity contribution in [1.82, 2.24) is 10.6 Å². The number of carbonyl (C=O) groups is 2. The second kappa shape index (κ2) is 22.0. The molecule has 28 heteroatoms. The molecule has 0 saturated carbocycles. The average molecular weight is 911 g/mol. The van der Waals surface area contributed by atoms with Gasteiger partial charge in [0.05, 0.1) is 33.0 Å². The number of nitrogens with one attached hydrogen (secondary N) is 2. The molecule has 0 spiro atoms. The van der Waals surface area contributed by atoms with Gasteiger partial charge in [0.1, 0.15) is 122 Å². The third-order valence-corrected chi connectivity index (χ3v) is 11.1. The van der Waals surface area contributed by atoms with Crippen molar-refractivity contribution >= 4 is 11.8 Å². The van der Waals surface area contributed by atoms with Gasteiger partial charge in [-0.25, -0.2) is 0 Å². The van der Waals surface area contributed by atoms with Crippen LogP contribution >= 0.6 is 0 Å². The van der Waals surface area contributed by atoms with E-state index in [1.54, 1.807) is 0 Å². The molecule has 5 fully saturated rings. The first-order valence-electron chi connectivity index (χ1n) is 19.6. The Labute approximate surface area is 351 Å². The first-order valence-corrected chi connectivity index (χ1v) is 19.6. The molecule has 5 aliphatic heterocycles. The summed E-state index contributed by atoms with van der Waals surface area (Å²) in [5.41, 5.74) is 0. The predicted molar refractivity (Wildman–Crippen MR) is 190 cm³/mol. The number of amides is 2. The molecule has 0 aliphatic carbocycles. The second-order valence-electron chi connectivity index (χ2n) is 15.5. The molecule has 17 N–H and O–H groups in total. The molecule has 28 nitrogen and oxygen atoms in total. The number of hydrogen-bond donors (Lipinski definition) is 17. The lowest BCUT2D eigenvalue weighted by Gasteiger charge is -2.50. The van der Waals surface area contributed by atoms with Crippen molar-refractivity contribution in [3.8, 4) is 0 Å². The summed E-state index contributed by atoms with van der Waals surface area (Å²) in [5, 5.41) is 164. The summed E-state index contributed by atoms with van der Waals surface area (Å²) >= 11 is 0. The Morgan fingerprint density at radius 1 is 0.419 bits per heavy atom. The maximum Gasteiger partial charge on any atom is 0.217 e. The van der Waals surface area contributed by atoms with Gasteiger partial charge in [-0.2, -0.15) is 0 Å². The lowest BCUT2D eigenvalue weighted by atomic mass is 9.94. The van der Waals surface area contributed by atoms with E-state index < -0.39 is 198 Å². The largest absolute Gasteiger partial charge is 0.394 e. The lowest BCUT2D eigenvalue weighted by molar-refractivity contribution is -0.392. The zero-order chi connectivity index (χ0) is 45.9. The highest BCUT2D eigenvalue weighted by atomic mass is 16.8. The maximum absolute atomic E-state index is 12.1. The molecule has 5 heterocycles. The van der Waals surface area contributed by atoms with Crippen LogP contribution in [0.4, 0.5) is 0 Å².